The van der Waals surface area contributed by atoms with Crippen LogP contribution in [0.15, 0.2) is 24.3 Å². The molecule has 1 aliphatic heterocycles. The highest BCUT2D eigenvalue weighted by Crippen LogP contribution is 2.32. The van der Waals surface area contributed by atoms with Crippen LogP contribution in [0.1, 0.15) is 61.9 Å². The number of alkyl halides is 3. The van der Waals surface area contributed by atoms with E-state index in [2.05, 4.69) is 4.98 Å². The number of aryl methyl sites for hydroxylation is 1. The van der Waals surface area contributed by atoms with E-state index in [1.165, 1.54) is 30.0 Å². The maximum Gasteiger partial charge on any atom is 0.417 e. The molecular weight excluding hydrogens is 423 g/mol. The normalized spacial score (nSPS) is 15.1. The van der Waals surface area contributed by atoms with Gasteiger partial charge in [-0.25, -0.2) is 0 Å². The number of nitrogens with one attached hydrogen (secondary N) is 1. The fourth-order valence-corrected chi connectivity index (χ4v) is 4.22. The number of amides is 1. The molecule has 1 aromatic heterocycles. The molecule has 1 aromatic carbocycles. The first kappa shape index (κ1) is 23.7. The van der Waals surface area contributed by atoms with Crippen molar-refractivity contribution in [3.05, 3.63) is 57.9 Å². The van der Waals surface area contributed by atoms with Gasteiger partial charge in [0.25, 0.3) is 5.91 Å². The standard InChI is InChI=1S/C23H26F3N3O3/c1-4-16-20(15(3)30)14(2)27-21(16)19(31)13-28-9-11-29(12-10-28)22(32)17-7-5-6-8-18(17)23(24,25)26/h5-8,27H,4,9-13H2,1-3H3. The van der Waals surface area contributed by atoms with Gasteiger partial charge in [0.1, 0.15) is 0 Å². The monoisotopic (exact) mass is 449 g/mol. The smallest absolute Gasteiger partial charge is 0.355 e. The van der Waals surface area contributed by atoms with Gasteiger partial charge in [-0.2, -0.15) is 13.2 Å². The second-order valence-electron chi connectivity index (χ2n) is 7.92. The van der Waals surface area contributed by atoms with Gasteiger partial charge >= 0.3 is 6.18 Å². The molecule has 0 saturated carbocycles. The zero-order valence-corrected chi connectivity index (χ0v) is 18.3. The molecule has 1 saturated heterocycles. The number of ketones is 2. The third-order valence-corrected chi connectivity index (χ3v) is 5.77. The Morgan fingerprint density at radius 3 is 2.25 bits per heavy atom. The summed E-state index contributed by atoms with van der Waals surface area (Å²) in [5.74, 6) is -0.913. The van der Waals surface area contributed by atoms with Crippen LogP contribution in [0.2, 0.25) is 0 Å². The third-order valence-electron chi connectivity index (χ3n) is 5.77. The fraction of sp³-hybridized carbons (Fsp3) is 0.435. The molecule has 1 N–H and O–H groups in total. The van der Waals surface area contributed by atoms with Crippen LogP contribution in [0, 0.1) is 6.92 Å². The van der Waals surface area contributed by atoms with Gasteiger partial charge in [0, 0.05) is 37.4 Å². The zero-order chi connectivity index (χ0) is 23.6. The van der Waals surface area contributed by atoms with Gasteiger partial charge in [0.15, 0.2) is 11.6 Å². The van der Waals surface area contributed by atoms with Gasteiger partial charge in [0.05, 0.1) is 23.4 Å². The molecular formula is C23H26F3N3O3. The Bertz CT molecular complexity index is 1030. The predicted octanol–water partition coefficient (Wildman–Crippen LogP) is 3.75. The number of piperazine rings is 1. The largest absolute Gasteiger partial charge is 0.417 e. The van der Waals surface area contributed by atoms with Crippen molar-refractivity contribution in [1.82, 2.24) is 14.8 Å². The predicted molar refractivity (Wildman–Crippen MR) is 113 cm³/mol. The summed E-state index contributed by atoms with van der Waals surface area (Å²) in [4.78, 5) is 43.8. The summed E-state index contributed by atoms with van der Waals surface area (Å²) in [5, 5.41) is 0. The number of aromatic nitrogens is 1. The molecule has 6 nitrogen and oxygen atoms in total. The number of benzene rings is 1. The number of aromatic amines is 1. The Morgan fingerprint density at radius 1 is 1.06 bits per heavy atom. The molecule has 0 radical (unpaired) electrons. The topological polar surface area (TPSA) is 73.5 Å². The Morgan fingerprint density at radius 2 is 1.69 bits per heavy atom. The van der Waals surface area contributed by atoms with Crippen LogP contribution in [0.25, 0.3) is 0 Å². The summed E-state index contributed by atoms with van der Waals surface area (Å²) in [5.41, 5.74) is 1.03. The molecule has 2 aromatic rings. The van der Waals surface area contributed by atoms with Crippen molar-refractivity contribution in [1.29, 1.82) is 0 Å². The van der Waals surface area contributed by atoms with Crippen molar-refractivity contribution in [3.63, 3.8) is 0 Å². The number of halogens is 3. The van der Waals surface area contributed by atoms with Gasteiger partial charge in [-0.15, -0.1) is 0 Å². The second kappa shape index (κ2) is 9.28. The van der Waals surface area contributed by atoms with Crippen LogP contribution in [0.5, 0.6) is 0 Å². The molecule has 0 atom stereocenters. The van der Waals surface area contributed by atoms with Gasteiger partial charge in [-0.05, 0) is 38.0 Å². The van der Waals surface area contributed by atoms with Gasteiger partial charge < -0.3 is 9.88 Å². The Kier molecular flexibility index (Phi) is 6.88. The van der Waals surface area contributed by atoms with E-state index < -0.39 is 17.6 Å². The lowest BCUT2D eigenvalue weighted by atomic mass is 10.0. The van der Waals surface area contributed by atoms with Crippen LogP contribution in [0.4, 0.5) is 13.2 Å². The third kappa shape index (κ3) is 4.77. The number of Topliss-reactive ketones (excluding diaryl/α,β-unsaturated/α-hetero) is 2. The molecule has 0 bridgehead atoms. The average Bonchev–Trinajstić information content (AvgIpc) is 3.09. The lowest BCUT2D eigenvalue weighted by molar-refractivity contribution is -0.138. The highest BCUT2D eigenvalue weighted by Gasteiger charge is 2.36. The summed E-state index contributed by atoms with van der Waals surface area (Å²) in [6.45, 7) is 6.40. The van der Waals surface area contributed by atoms with E-state index in [4.69, 9.17) is 0 Å². The fourth-order valence-electron chi connectivity index (χ4n) is 4.22. The van der Waals surface area contributed by atoms with Crippen LogP contribution >= 0.6 is 0 Å². The number of carbonyl (C=O) groups is 3. The molecule has 0 unspecified atom stereocenters. The molecule has 1 fully saturated rings. The van der Waals surface area contributed by atoms with Crippen molar-refractivity contribution in [2.75, 3.05) is 32.7 Å². The van der Waals surface area contributed by atoms with Crippen molar-refractivity contribution in [2.24, 2.45) is 0 Å². The lowest BCUT2D eigenvalue weighted by Gasteiger charge is -2.34. The average molecular weight is 449 g/mol. The summed E-state index contributed by atoms with van der Waals surface area (Å²) >= 11 is 0. The maximum atomic E-state index is 13.2. The number of nitrogens with zero attached hydrogens (tertiary/aromatic N) is 2. The first-order chi connectivity index (χ1) is 15.0. The van der Waals surface area contributed by atoms with E-state index in [0.717, 1.165) is 6.07 Å². The number of hydrogen-bond acceptors (Lipinski definition) is 4. The Balaban J connectivity index is 1.66. The van der Waals surface area contributed by atoms with E-state index in [0.29, 0.717) is 42.0 Å². The number of hydrogen-bond donors (Lipinski definition) is 1. The van der Waals surface area contributed by atoms with E-state index in [9.17, 15) is 27.6 Å². The highest BCUT2D eigenvalue weighted by molar-refractivity contribution is 6.04. The molecule has 172 valence electrons. The summed E-state index contributed by atoms with van der Waals surface area (Å²) in [6.07, 6.45) is -4.06. The number of carbonyl (C=O) groups excluding carboxylic acids is 3. The van der Waals surface area contributed by atoms with E-state index in [1.807, 2.05) is 11.8 Å². The number of H-pyrrole nitrogens is 1. The van der Waals surface area contributed by atoms with Gasteiger partial charge in [-0.3, -0.25) is 19.3 Å². The van der Waals surface area contributed by atoms with Crippen LogP contribution < -0.4 is 0 Å². The minimum Gasteiger partial charge on any atom is -0.355 e. The molecule has 0 aliphatic carbocycles. The van der Waals surface area contributed by atoms with Crippen LogP contribution in [-0.2, 0) is 12.6 Å². The van der Waals surface area contributed by atoms with Crippen molar-refractivity contribution >= 4 is 17.5 Å². The first-order valence-corrected chi connectivity index (χ1v) is 10.5. The zero-order valence-electron chi connectivity index (χ0n) is 18.3. The van der Waals surface area contributed by atoms with Crippen molar-refractivity contribution in [2.45, 2.75) is 33.4 Å². The quantitative estimate of drug-likeness (QED) is 0.682. The molecule has 9 heteroatoms. The van der Waals surface area contributed by atoms with Crippen LogP contribution in [-0.4, -0.2) is 65.0 Å². The van der Waals surface area contributed by atoms with Crippen molar-refractivity contribution < 1.29 is 27.6 Å². The summed E-state index contributed by atoms with van der Waals surface area (Å²) in [6, 6.07) is 4.76. The summed E-state index contributed by atoms with van der Waals surface area (Å²) < 4.78 is 39.7. The minimum atomic E-state index is -4.61. The molecule has 1 amide bonds. The maximum absolute atomic E-state index is 13.2. The molecule has 2 heterocycles. The van der Waals surface area contributed by atoms with E-state index in [-0.39, 0.29) is 36.8 Å². The first-order valence-electron chi connectivity index (χ1n) is 10.5. The number of rotatable bonds is 6. The summed E-state index contributed by atoms with van der Waals surface area (Å²) in [7, 11) is 0. The van der Waals surface area contributed by atoms with E-state index >= 15 is 0 Å². The SMILES string of the molecule is CCc1c(C(=O)CN2CCN(C(=O)c3ccccc3C(F)(F)F)CC2)[nH]c(C)c1C(C)=O. The molecule has 0 spiro atoms. The Labute approximate surface area is 184 Å². The van der Waals surface area contributed by atoms with E-state index in [1.54, 1.807) is 6.92 Å². The molecule has 32 heavy (non-hydrogen) atoms. The van der Waals surface area contributed by atoms with Gasteiger partial charge in [0.2, 0.25) is 0 Å². The van der Waals surface area contributed by atoms with Crippen molar-refractivity contribution in [3.8, 4) is 0 Å². The molecule has 3 rings (SSSR count). The van der Waals surface area contributed by atoms with Crippen LogP contribution in [0.3, 0.4) is 0 Å². The lowest BCUT2D eigenvalue weighted by Crippen LogP contribution is -2.50. The highest BCUT2D eigenvalue weighted by atomic mass is 19.4. The molecule has 1 aliphatic rings. The second-order valence-corrected chi connectivity index (χ2v) is 7.92. The van der Waals surface area contributed by atoms with Gasteiger partial charge in [-0.1, -0.05) is 19.1 Å². The minimum absolute atomic E-state index is 0.0964. The Hall–Kier alpha value is -2.94.